The Hall–Kier alpha value is -1.21. The summed E-state index contributed by atoms with van der Waals surface area (Å²) >= 11 is 1.45. The van der Waals surface area contributed by atoms with Crippen molar-refractivity contribution < 1.29 is 9.90 Å². The normalized spacial score (nSPS) is 22.2. The van der Waals surface area contributed by atoms with Gasteiger partial charge in [0.25, 0.3) is 0 Å². The molecule has 0 aliphatic carbocycles. The number of hydrogen-bond acceptors (Lipinski definition) is 5. The molecule has 2 aromatic rings. The number of nitrogens with one attached hydrogen (secondary N) is 2. The SMILES string of the molecule is Cl.O=C(Nc1nc2ccccc2s1)C1CC(O)CN1. The van der Waals surface area contributed by atoms with Gasteiger partial charge in [-0.2, -0.15) is 0 Å². The van der Waals surface area contributed by atoms with Crippen molar-refractivity contribution in [2.45, 2.75) is 18.6 Å². The molecule has 5 nitrogen and oxygen atoms in total. The van der Waals surface area contributed by atoms with E-state index < -0.39 is 6.10 Å². The highest BCUT2D eigenvalue weighted by Gasteiger charge is 2.28. The molecular formula is C12H14ClN3O2S. The summed E-state index contributed by atoms with van der Waals surface area (Å²) < 4.78 is 1.05. The second-order valence-electron chi connectivity index (χ2n) is 4.33. The van der Waals surface area contributed by atoms with Crippen LogP contribution in [0.25, 0.3) is 10.2 Å². The van der Waals surface area contributed by atoms with Gasteiger partial charge in [0, 0.05) is 6.54 Å². The standard InChI is InChI=1S/C12H13N3O2S.ClH/c16-7-5-9(13-6-7)11(17)15-12-14-8-3-1-2-4-10(8)18-12;/h1-4,7,9,13,16H,5-6H2,(H,14,15,17);1H. The molecule has 1 saturated heterocycles. The number of fused-ring (bicyclic) bond motifs is 1. The first-order chi connectivity index (χ1) is 8.72. The summed E-state index contributed by atoms with van der Waals surface area (Å²) in [5.74, 6) is -0.134. The van der Waals surface area contributed by atoms with Crippen LogP contribution in [0.2, 0.25) is 0 Å². The third-order valence-electron chi connectivity index (χ3n) is 2.95. The summed E-state index contributed by atoms with van der Waals surface area (Å²) in [5.41, 5.74) is 0.886. The van der Waals surface area contributed by atoms with Gasteiger partial charge in [-0.05, 0) is 18.6 Å². The van der Waals surface area contributed by atoms with Crippen LogP contribution in [0.1, 0.15) is 6.42 Å². The summed E-state index contributed by atoms with van der Waals surface area (Å²) in [5, 5.41) is 15.7. The molecule has 2 heterocycles. The number of anilines is 1. The molecular weight excluding hydrogens is 286 g/mol. The summed E-state index contributed by atoms with van der Waals surface area (Å²) in [7, 11) is 0. The van der Waals surface area contributed by atoms with Crippen molar-refractivity contribution in [2.24, 2.45) is 0 Å². The van der Waals surface area contributed by atoms with Gasteiger partial charge in [-0.1, -0.05) is 23.5 Å². The summed E-state index contributed by atoms with van der Waals surface area (Å²) in [6, 6.07) is 7.43. The number of para-hydroxylation sites is 1. The molecule has 0 radical (unpaired) electrons. The first-order valence-corrected chi connectivity index (χ1v) is 6.62. The largest absolute Gasteiger partial charge is 0.392 e. The number of aromatic nitrogens is 1. The molecule has 102 valence electrons. The average Bonchev–Trinajstić information content (AvgIpc) is 2.94. The lowest BCUT2D eigenvalue weighted by molar-refractivity contribution is -0.117. The molecule has 1 fully saturated rings. The lowest BCUT2D eigenvalue weighted by atomic mass is 10.2. The lowest BCUT2D eigenvalue weighted by Gasteiger charge is -2.08. The van der Waals surface area contributed by atoms with Crippen LogP contribution in [-0.4, -0.2) is 34.7 Å². The van der Waals surface area contributed by atoms with Gasteiger partial charge in [0.1, 0.15) is 0 Å². The number of amides is 1. The first-order valence-electron chi connectivity index (χ1n) is 5.80. The highest BCUT2D eigenvalue weighted by atomic mass is 35.5. The molecule has 3 N–H and O–H groups in total. The van der Waals surface area contributed by atoms with Gasteiger partial charge in [-0.3, -0.25) is 4.79 Å². The second kappa shape index (κ2) is 5.83. The molecule has 1 amide bonds. The van der Waals surface area contributed by atoms with Gasteiger partial charge < -0.3 is 15.7 Å². The molecule has 0 bridgehead atoms. The number of aliphatic hydroxyl groups is 1. The Bertz CT molecular complexity index is 556. The predicted molar refractivity (Wildman–Crippen MR) is 77.9 cm³/mol. The minimum Gasteiger partial charge on any atom is -0.392 e. The van der Waals surface area contributed by atoms with E-state index in [0.717, 1.165) is 10.2 Å². The van der Waals surface area contributed by atoms with Crippen molar-refractivity contribution in [3.8, 4) is 0 Å². The Morgan fingerprint density at radius 3 is 2.95 bits per heavy atom. The van der Waals surface area contributed by atoms with Crippen LogP contribution in [0.3, 0.4) is 0 Å². The topological polar surface area (TPSA) is 74.2 Å². The van der Waals surface area contributed by atoms with Crippen molar-refractivity contribution in [1.29, 1.82) is 0 Å². The minimum atomic E-state index is -0.434. The predicted octanol–water partition coefficient (Wildman–Crippen LogP) is 1.38. The fourth-order valence-corrected chi connectivity index (χ4v) is 2.90. The summed E-state index contributed by atoms with van der Waals surface area (Å²) in [6.07, 6.45) is 0.0209. The Labute approximate surface area is 120 Å². The molecule has 1 aromatic carbocycles. The van der Waals surface area contributed by atoms with Crippen LogP contribution in [0.15, 0.2) is 24.3 Å². The van der Waals surface area contributed by atoms with E-state index in [1.165, 1.54) is 11.3 Å². The molecule has 2 atom stereocenters. The van der Waals surface area contributed by atoms with Gasteiger partial charge in [-0.15, -0.1) is 12.4 Å². The lowest BCUT2D eigenvalue weighted by Crippen LogP contribution is -2.35. The fraction of sp³-hybridized carbons (Fsp3) is 0.333. The number of carbonyl (C=O) groups is 1. The van der Waals surface area contributed by atoms with Crippen molar-refractivity contribution in [3.05, 3.63) is 24.3 Å². The van der Waals surface area contributed by atoms with E-state index in [2.05, 4.69) is 15.6 Å². The van der Waals surface area contributed by atoms with E-state index in [1.807, 2.05) is 24.3 Å². The number of hydrogen-bond donors (Lipinski definition) is 3. The summed E-state index contributed by atoms with van der Waals surface area (Å²) in [6.45, 7) is 0.470. The van der Waals surface area contributed by atoms with Crippen LogP contribution in [0, 0.1) is 0 Å². The van der Waals surface area contributed by atoms with Gasteiger partial charge >= 0.3 is 0 Å². The van der Waals surface area contributed by atoms with Crippen molar-refractivity contribution >= 4 is 45.0 Å². The molecule has 1 aromatic heterocycles. The third-order valence-corrected chi connectivity index (χ3v) is 3.90. The van der Waals surface area contributed by atoms with E-state index in [9.17, 15) is 9.90 Å². The fourth-order valence-electron chi connectivity index (χ4n) is 2.03. The van der Waals surface area contributed by atoms with Crippen LogP contribution in [0.4, 0.5) is 5.13 Å². The van der Waals surface area contributed by atoms with E-state index in [-0.39, 0.29) is 24.4 Å². The molecule has 1 aliphatic rings. The average molecular weight is 300 g/mol. The molecule has 2 unspecified atom stereocenters. The second-order valence-corrected chi connectivity index (χ2v) is 5.36. The molecule has 1 aliphatic heterocycles. The Kier molecular flexibility index (Phi) is 4.36. The molecule has 7 heteroatoms. The highest BCUT2D eigenvalue weighted by Crippen LogP contribution is 2.25. The summed E-state index contributed by atoms with van der Waals surface area (Å²) in [4.78, 5) is 16.3. The van der Waals surface area contributed by atoms with Gasteiger partial charge in [0.15, 0.2) is 5.13 Å². The number of β-amino-alcohol motifs (C(OH)–C–C–N with tert-alkyl or cyclic N) is 1. The number of halogens is 1. The molecule has 0 saturated carbocycles. The van der Waals surface area contributed by atoms with Gasteiger partial charge in [-0.25, -0.2) is 4.98 Å². The Morgan fingerprint density at radius 1 is 1.47 bits per heavy atom. The van der Waals surface area contributed by atoms with E-state index in [0.29, 0.717) is 18.1 Å². The molecule has 0 spiro atoms. The van der Waals surface area contributed by atoms with Gasteiger partial charge in [0.2, 0.25) is 5.91 Å². The monoisotopic (exact) mass is 299 g/mol. The van der Waals surface area contributed by atoms with Crippen molar-refractivity contribution in [3.63, 3.8) is 0 Å². The number of rotatable bonds is 2. The molecule has 3 rings (SSSR count). The maximum Gasteiger partial charge on any atom is 0.243 e. The maximum atomic E-state index is 11.9. The minimum absolute atomic E-state index is 0. The number of benzene rings is 1. The quantitative estimate of drug-likeness (QED) is 0.783. The molecule has 19 heavy (non-hydrogen) atoms. The zero-order chi connectivity index (χ0) is 12.5. The Balaban J connectivity index is 0.00000133. The smallest absolute Gasteiger partial charge is 0.243 e. The zero-order valence-electron chi connectivity index (χ0n) is 10.00. The van der Waals surface area contributed by atoms with Gasteiger partial charge in [0.05, 0.1) is 22.4 Å². The van der Waals surface area contributed by atoms with Crippen molar-refractivity contribution in [1.82, 2.24) is 10.3 Å². The maximum absolute atomic E-state index is 11.9. The number of carbonyl (C=O) groups excluding carboxylic acids is 1. The van der Waals surface area contributed by atoms with E-state index in [1.54, 1.807) is 0 Å². The number of aliphatic hydroxyl groups excluding tert-OH is 1. The number of thiazole rings is 1. The van der Waals surface area contributed by atoms with Crippen LogP contribution >= 0.6 is 23.7 Å². The van der Waals surface area contributed by atoms with E-state index >= 15 is 0 Å². The van der Waals surface area contributed by atoms with Crippen LogP contribution < -0.4 is 10.6 Å². The number of nitrogens with zero attached hydrogens (tertiary/aromatic N) is 1. The first kappa shape index (κ1) is 14.2. The zero-order valence-corrected chi connectivity index (χ0v) is 11.6. The Morgan fingerprint density at radius 2 is 2.26 bits per heavy atom. The highest BCUT2D eigenvalue weighted by molar-refractivity contribution is 7.22. The van der Waals surface area contributed by atoms with Crippen molar-refractivity contribution in [2.75, 3.05) is 11.9 Å². The van der Waals surface area contributed by atoms with Crippen LogP contribution in [0.5, 0.6) is 0 Å². The third kappa shape index (κ3) is 3.03. The van der Waals surface area contributed by atoms with Crippen LogP contribution in [-0.2, 0) is 4.79 Å². The van der Waals surface area contributed by atoms with E-state index in [4.69, 9.17) is 0 Å².